The van der Waals surface area contributed by atoms with E-state index in [-0.39, 0.29) is 17.4 Å². The zero-order valence-corrected chi connectivity index (χ0v) is 21.9. The molecule has 4 nitrogen and oxygen atoms in total. The first-order chi connectivity index (χ1) is 17.5. The molecule has 0 bridgehead atoms. The second kappa shape index (κ2) is 9.30. The number of halogens is 2. The minimum Gasteiger partial charge on any atom is -0.493 e. The molecule has 1 atom stereocenters. The van der Waals surface area contributed by atoms with Crippen LogP contribution in [0.5, 0.6) is 5.75 Å². The maximum Gasteiger partial charge on any atom is 0.271 e. The number of allylic oxidation sites excluding steroid dienone is 1. The van der Waals surface area contributed by atoms with Gasteiger partial charge in [0, 0.05) is 5.56 Å². The van der Waals surface area contributed by atoms with Gasteiger partial charge in [-0.15, -0.1) is 0 Å². The number of thiazole rings is 1. The Hall–Kier alpha value is -3.29. The molecule has 6 rings (SSSR count). The zero-order chi connectivity index (χ0) is 24.8. The Balaban J connectivity index is 1.56. The van der Waals surface area contributed by atoms with Gasteiger partial charge in [-0.1, -0.05) is 53.8 Å². The highest BCUT2D eigenvalue weighted by Gasteiger charge is 2.32. The number of rotatable bonds is 4. The van der Waals surface area contributed by atoms with Gasteiger partial charge in [0.05, 0.1) is 27.4 Å². The molecule has 180 valence electrons. The van der Waals surface area contributed by atoms with Crippen LogP contribution >= 0.6 is 27.3 Å². The Kier molecular flexibility index (Phi) is 5.97. The summed E-state index contributed by atoms with van der Waals surface area (Å²) in [5.74, 6) is 0.467. The largest absolute Gasteiger partial charge is 0.493 e. The lowest BCUT2D eigenvalue weighted by Crippen LogP contribution is -2.38. The molecule has 0 fully saturated rings. The van der Waals surface area contributed by atoms with E-state index in [1.165, 1.54) is 29.0 Å². The number of aryl methyl sites for hydroxylation is 1. The number of nitrogens with zero attached hydrogens (tertiary/aromatic N) is 2. The third-order valence-electron chi connectivity index (χ3n) is 6.61. The molecular formula is C29H22BrFN2O2S. The van der Waals surface area contributed by atoms with Gasteiger partial charge in [-0.05, 0) is 88.3 Å². The minimum absolute atomic E-state index is 0.0940. The lowest BCUT2D eigenvalue weighted by atomic mass is 9.83. The fourth-order valence-corrected chi connectivity index (χ4v) is 6.51. The standard InChI is InChI=1S/C29H22BrFN2O2S/c1-2-35-24-14-7-17(15-23(24)30)16-25-28(34)33-27(19-8-11-20(31)12-9-19)22-13-10-18-5-3-4-6-21(18)26(22)32-29(33)36-25/h3-9,11-12,14-16,27H,2,10,13H2,1H3/b25-16+/t27-/m1/s1. The Morgan fingerprint density at radius 1 is 1.14 bits per heavy atom. The SMILES string of the molecule is CCOc1ccc(/C=c2/sc3n(c2=O)[C@H](c2ccc(F)cc2)C2=C(N=3)c3ccccc3CC2)cc1Br. The fourth-order valence-electron chi connectivity index (χ4n) is 5.00. The van der Waals surface area contributed by atoms with E-state index in [4.69, 9.17) is 9.73 Å². The van der Waals surface area contributed by atoms with E-state index in [0.717, 1.165) is 51.0 Å². The van der Waals surface area contributed by atoms with Crippen molar-refractivity contribution in [3.63, 3.8) is 0 Å². The minimum atomic E-state index is -0.320. The summed E-state index contributed by atoms with van der Waals surface area (Å²) in [7, 11) is 0. The van der Waals surface area contributed by atoms with Crippen molar-refractivity contribution in [1.82, 2.24) is 4.57 Å². The first-order valence-corrected chi connectivity index (χ1v) is 13.5. The van der Waals surface area contributed by atoms with Gasteiger partial charge in [0.2, 0.25) is 0 Å². The van der Waals surface area contributed by atoms with Crippen molar-refractivity contribution in [2.75, 3.05) is 6.61 Å². The quantitative estimate of drug-likeness (QED) is 0.325. The number of ether oxygens (including phenoxy) is 1. The van der Waals surface area contributed by atoms with Crippen LogP contribution < -0.4 is 19.6 Å². The van der Waals surface area contributed by atoms with E-state index in [9.17, 15) is 9.18 Å². The van der Waals surface area contributed by atoms with Gasteiger partial charge in [-0.25, -0.2) is 9.38 Å². The van der Waals surface area contributed by atoms with Gasteiger partial charge < -0.3 is 4.74 Å². The summed E-state index contributed by atoms with van der Waals surface area (Å²) in [6.45, 7) is 2.52. The predicted octanol–water partition coefficient (Wildman–Crippen LogP) is 5.62. The highest BCUT2D eigenvalue weighted by molar-refractivity contribution is 9.10. The van der Waals surface area contributed by atoms with Crippen molar-refractivity contribution in [1.29, 1.82) is 0 Å². The van der Waals surface area contributed by atoms with Crippen molar-refractivity contribution < 1.29 is 9.13 Å². The average molecular weight is 561 g/mol. The number of benzene rings is 3. The summed E-state index contributed by atoms with van der Waals surface area (Å²) < 4.78 is 22.6. The van der Waals surface area contributed by atoms with E-state index in [2.05, 4.69) is 28.1 Å². The first kappa shape index (κ1) is 23.1. The Morgan fingerprint density at radius 2 is 1.94 bits per heavy atom. The van der Waals surface area contributed by atoms with Crippen LogP contribution in [0.15, 0.2) is 86.6 Å². The van der Waals surface area contributed by atoms with Crippen LogP contribution in [0.3, 0.4) is 0 Å². The second-order valence-electron chi connectivity index (χ2n) is 8.79. The summed E-state index contributed by atoms with van der Waals surface area (Å²) in [5.41, 5.74) is 6.09. The summed E-state index contributed by atoms with van der Waals surface area (Å²) in [6, 6.07) is 20.2. The van der Waals surface area contributed by atoms with Crippen molar-refractivity contribution in [3.05, 3.63) is 125 Å². The third kappa shape index (κ3) is 3.96. The molecule has 0 saturated heterocycles. The van der Waals surface area contributed by atoms with Gasteiger partial charge in [-0.2, -0.15) is 0 Å². The first-order valence-electron chi connectivity index (χ1n) is 11.8. The Bertz CT molecular complexity index is 1700. The Labute approximate surface area is 219 Å². The zero-order valence-electron chi connectivity index (χ0n) is 19.5. The lowest BCUT2D eigenvalue weighted by Gasteiger charge is -2.30. The van der Waals surface area contributed by atoms with Crippen LogP contribution in [0.25, 0.3) is 11.8 Å². The van der Waals surface area contributed by atoms with Crippen molar-refractivity contribution in [2.24, 2.45) is 4.99 Å². The highest BCUT2D eigenvalue weighted by atomic mass is 79.9. The molecule has 1 aliphatic heterocycles. The third-order valence-corrected chi connectivity index (χ3v) is 8.21. The number of aromatic nitrogens is 1. The van der Waals surface area contributed by atoms with Crippen LogP contribution in [-0.2, 0) is 6.42 Å². The van der Waals surface area contributed by atoms with Crippen LogP contribution in [0.1, 0.15) is 41.6 Å². The summed E-state index contributed by atoms with van der Waals surface area (Å²) in [5, 5.41) is 0. The van der Waals surface area contributed by atoms with Gasteiger partial charge in [0.1, 0.15) is 11.6 Å². The maximum atomic E-state index is 13.8. The molecule has 7 heteroatoms. The molecule has 0 spiro atoms. The number of fused-ring (bicyclic) bond motifs is 3. The highest BCUT2D eigenvalue weighted by Crippen LogP contribution is 2.41. The maximum absolute atomic E-state index is 13.8. The lowest BCUT2D eigenvalue weighted by molar-refractivity contribution is 0.338. The molecule has 3 aromatic carbocycles. The topological polar surface area (TPSA) is 43.6 Å². The molecule has 4 aromatic rings. The molecule has 1 aliphatic carbocycles. The fraction of sp³-hybridized carbons (Fsp3) is 0.172. The van der Waals surface area contributed by atoms with E-state index >= 15 is 0 Å². The molecule has 2 heterocycles. The van der Waals surface area contributed by atoms with Gasteiger partial charge in [0.25, 0.3) is 5.56 Å². The van der Waals surface area contributed by atoms with Crippen LogP contribution in [-0.4, -0.2) is 11.2 Å². The van der Waals surface area contributed by atoms with E-state index in [0.29, 0.717) is 15.9 Å². The molecule has 1 aromatic heterocycles. The van der Waals surface area contributed by atoms with Gasteiger partial charge in [0.15, 0.2) is 4.80 Å². The summed E-state index contributed by atoms with van der Waals surface area (Å²) >= 11 is 4.94. The summed E-state index contributed by atoms with van der Waals surface area (Å²) in [6.07, 6.45) is 3.57. The van der Waals surface area contributed by atoms with Crippen LogP contribution in [0, 0.1) is 5.82 Å². The van der Waals surface area contributed by atoms with Gasteiger partial charge in [-0.3, -0.25) is 9.36 Å². The van der Waals surface area contributed by atoms with Crippen LogP contribution in [0.4, 0.5) is 4.39 Å². The van der Waals surface area contributed by atoms with Crippen LogP contribution in [0.2, 0.25) is 0 Å². The van der Waals surface area contributed by atoms with E-state index in [1.807, 2.05) is 43.3 Å². The van der Waals surface area contributed by atoms with Crippen molar-refractivity contribution >= 4 is 39.0 Å². The molecular weight excluding hydrogens is 539 g/mol. The van der Waals surface area contributed by atoms with E-state index in [1.54, 1.807) is 16.7 Å². The summed E-state index contributed by atoms with van der Waals surface area (Å²) in [4.78, 5) is 19.5. The normalized spacial score (nSPS) is 16.8. The molecule has 36 heavy (non-hydrogen) atoms. The molecule has 0 saturated carbocycles. The molecule has 0 N–H and O–H groups in total. The molecule has 0 amide bonds. The van der Waals surface area contributed by atoms with Crippen molar-refractivity contribution in [2.45, 2.75) is 25.8 Å². The average Bonchev–Trinajstić information content (AvgIpc) is 3.19. The van der Waals surface area contributed by atoms with Gasteiger partial charge >= 0.3 is 0 Å². The van der Waals surface area contributed by atoms with Crippen molar-refractivity contribution in [3.8, 4) is 5.75 Å². The predicted molar refractivity (Wildman–Crippen MR) is 144 cm³/mol. The Morgan fingerprint density at radius 3 is 2.72 bits per heavy atom. The van der Waals surface area contributed by atoms with E-state index < -0.39 is 0 Å². The second-order valence-corrected chi connectivity index (χ2v) is 10.7. The number of hydrogen-bond acceptors (Lipinski definition) is 4. The molecule has 0 unspecified atom stereocenters. The monoisotopic (exact) mass is 560 g/mol. The molecule has 0 radical (unpaired) electrons. The smallest absolute Gasteiger partial charge is 0.271 e. The number of hydrogen-bond donors (Lipinski definition) is 0. The molecule has 2 aliphatic rings.